The van der Waals surface area contributed by atoms with Crippen molar-refractivity contribution >= 4 is 29.3 Å². The molecule has 0 aromatic carbocycles. The summed E-state index contributed by atoms with van der Waals surface area (Å²) in [5, 5.41) is 0.212. The average Bonchev–Trinajstić information content (AvgIpc) is 3.04. The number of halogens is 3. The van der Waals surface area contributed by atoms with Gasteiger partial charge in [-0.15, -0.1) is 0 Å². The molecule has 0 aliphatic carbocycles. The van der Waals surface area contributed by atoms with Crippen molar-refractivity contribution in [2.45, 2.75) is 41.5 Å². The molecule has 0 atom stereocenters. The minimum atomic E-state index is -4.56. The molecule has 154 valence electrons. The zero-order chi connectivity index (χ0) is 20.6. The van der Waals surface area contributed by atoms with Crippen molar-refractivity contribution in [1.82, 2.24) is 15.0 Å². The number of nitrogens with zero attached hydrogens (tertiary/aromatic N) is 5. The van der Waals surface area contributed by atoms with Crippen molar-refractivity contribution in [2.24, 2.45) is 4.99 Å². The van der Waals surface area contributed by atoms with E-state index in [1.54, 1.807) is 0 Å². The van der Waals surface area contributed by atoms with Crippen LogP contribution in [0.3, 0.4) is 0 Å². The SMILES string of the molecule is CC1=NCC2(CCN(c3cnc(Sc4cccnc4C(F)(F)F)c(N)n3)CC2)O1. The van der Waals surface area contributed by atoms with Gasteiger partial charge in [-0.05, 0) is 12.1 Å². The summed E-state index contributed by atoms with van der Waals surface area (Å²) in [5.41, 5.74) is 4.80. The van der Waals surface area contributed by atoms with E-state index in [9.17, 15) is 13.2 Å². The molecule has 1 saturated heterocycles. The minimum absolute atomic E-state index is 0.0672. The van der Waals surface area contributed by atoms with Crippen molar-refractivity contribution < 1.29 is 17.9 Å². The maximum absolute atomic E-state index is 13.1. The van der Waals surface area contributed by atoms with Gasteiger partial charge in [0.15, 0.2) is 17.4 Å². The average molecular weight is 424 g/mol. The van der Waals surface area contributed by atoms with E-state index in [0.29, 0.717) is 25.5 Å². The summed E-state index contributed by atoms with van der Waals surface area (Å²) in [6.45, 7) is 3.95. The Hall–Kier alpha value is -2.56. The smallest absolute Gasteiger partial charge is 0.434 e. The van der Waals surface area contributed by atoms with Gasteiger partial charge in [0.2, 0.25) is 0 Å². The number of ether oxygens (including phenoxy) is 1. The molecule has 29 heavy (non-hydrogen) atoms. The highest BCUT2D eigenvalue weighted by atomic mass is 32.2. The lowest BCUT2D eigenvalue weighted by Crippen LogP contribution is -2.46. The first kappa shape index (κ1) is 19.7. The zero-order valence-corrected chi connectivity index (χ0v) is 16.4. The van der Waals surface area contributed by atoms with Crippen LogP contribution in [0, 0.1) is 0 Å². The lowest BCUT2D eigenvalue weighted by atomic mass is 9.91. The van der Waals surface area contributed by atoms with Gasteiger partial charge in [-0.2, -0.15) is 13.2 Å². The van der Waals surface area contributed by atoms with Crippen LogP contribution in [0.2, 0.25) is 0 Å². The number of anilines is 2. The summed E-state index contributed by atoms with van der Waals surface area (Å²) in [5.74, 6) is 1.40. The normalized spacial score (nSPS) is 18.6. The number of nitrogen functional groups attached to an aromatic ring is 1. The second-order valence-electron chi connectivity index (χ2n) is 6.98. The predicted molar refractivity (Wildman–Crippen MR) is 103 cm³/mol. The van der Waals surface area contributed by atoms with Crippen LogP contribution in [0.15, 0.2) is 39.4 Å². The van der Waals surface area contributed by atoms with E-state index < -0.39 is 11.9 Å². The molecular weight excluding hydrogens is 405 g/mol. The molecule has 1 spiro atoms. The third-order valence-electron chi connectivity index (χ3n) is 4.95. The molecule has 2 aliphatic rings. The van der Waals surface area contributed by atoms with Gasteiger partial charge in [0.1, 0.15) is 16.4 Å². The van der Waals surface area contributed by atoms with Gasteiger partial charge < -0.3 is 15.4 Å². The maximum atomic E-state index is 13.1. The van der Waals surface area contributed by atoms with Crippen molar-refractivity contribution in [3.05, 3.63) is 30.2 Å². The Balaban J connectivity index is 1.47. The number of alkyl halides is 3. The summed E-state index contributed by atoms with van der Waals surface area (Å²) in [4.78, 5) is 18.4. The lowest BCUT2D eigenvalue weighted by molar-refractivity contribution is -0.143. The minimum Gasteiger partial charge on any atom is -0.473 e. The van der Waals surface area contributed by atoms with Gasteiger partial charge in [0.05, 0.1) is 12.7 Å². The first-order valence-electron chi connectivity index (χ1n) is 9.03. The number of nitrogens with two attached hydrogens (primary N) is 1. The zero-order valence-electron chi connectivity index (χ0n) is 15.6. The molecule has 4 heterocycles. The Morgan fingerprint density at radius 1 is 1.24 bits per heavy atom. The molecule has 11 heteroatoms. The van der Waals surface area contributed by atoms with Crippen LogP contribution in [-0.2, 0) is 10.9 Å². The van der Waals surface area contributed by atoms with Crippen LogP contribution in [-0.4, -0.2) is 46.1 Å². The largest absolute Gasteiger partial charge is 0.473 e. The molecule has 2 aliphatic heterocycles. The third-order valence-corrected chi connectivity index (χ3v) is 6.01. The molecular formula is C18H19F3N6OS. The molecule has 2 N–H and O–H groups in total. The third kappa shape index (κ3) is 4.09. The van der Waals surface area contributed by atoms with Crippen LogP contribution >= 0.6 is 11.8 Å². The molecule has 4 rings (SSSR count). The van der Waals surface area contributed by atoms with E-state index in [1.807, 2.05) is 11.8 Å². The Kier molecular flexibility index (Phi) is 5.01. The number of piperidine rings is 1. The van der Waals surface area contributed by atoms with E-state index in [0.717, 1.165) is 36.7 Å². The molecule has 2 aromatic rings. The van der Waals surface area contributed by atoms with Crippen molar-refractivity contribution in [3.63, 3.8) is 0 Å². The van der Waals surface area contributed by atoms with Crippen molar-refractivity contribution in [1.29, 1.82) is 0 Å². The first-order valence-corrected chi connectivity index (χ1v) is 9.85. The first-order chi connectivity index (χ1) is 13.8. The van der Waals surface area contributed by atoms with Gasteiger partial charge in [0, 0.05) is 43.9 Å². The summed E-state index contributed by atoms with van der Waals surface area (Å²) in [7, 11) is 0. The Morgan fingerprint density at radius 2 is 2.00 bits per heavy atom. The quantitative estimate of drug-likeness (QED) is 0.808. The van der Waals surface area contributed by atoms with Crippen LogP contribution in [0.5, 0.6) is 0 Å². The van der Waals surface area contributed by atoms with E-state index in [2.05, 4.69) is 19.9 Å². The number of aliphatic imine (C=N–C) groups is 1. The second kappa shape index (κ2) is 7.36. The lowest BCUT2D eigenvalue weighted by Gasteiger charge is -2.38. The Labute approximate surface area is 169 Å². The Bertz CT molecular complexity index is 943. The maximum Gasteiger partial charge on any atom is 0.434 e. The summed E-state index contributed by atoms with van der Waals surface area (Å²) < 4.78 is 45.3. The molecule has 1 fully saturated rings. The number of hydrogen-bond acceptors (Lipinski definition) is 8. The molecule has 2 aromatic heterocycles. The second-order valence-corrected chi connectivity index (χ2v) is 8.01. The van der Waals surface area contributed by atoms with Gasteiger partial charge >= 0.3 is 6.18 Å². The fraction of sp³-hybridized carbons (Fsp3) is 0.444. The predicted octanol–water partition coefficient (Wildman–Crippen LogP) is 3.41. The van der Waals surface area contributed by atoms with Gasteiger partial charge in [-0.1, -0.05) is 11.8 Å². The molecule has 0 saturated carbocycles. The molecule has 7 nitrogen and oxygen atoms in total. The van der Waals surface area contributed by atoms with Crippen molar-refractivity contribution in [3.8, 4) is 0 Å². The van der Waals surface area contributed by atoms with Crippen LogP contribution in [0.25, 0.3) is 0 Å². The van der Waals surface area contributed by atoms with Gasteiger partial charge in [-0.3, -0.25) is 9.98 Å². The number of hydrogen-bond donors (Lipinski definition) is 1. The molecule has 0 unspecified atom stereocenters. The number of aromatic nitrogens is 3. The fourth-order valence-corrected chi connectivity index (χ4v) is 4.32. The molecule has 0 amide bonds. The van der Waals surface area contributed by atoms with Gasteiger partial charge in [0.25, 0.3) is 0 Å². The highest BCUT2D eigenvalue weighted by Crippen LogP contribution is 2.39. The van der Waals surface area contributed by atoms with E-state index >= 15 is 0 Å². The Morgan fingerprint density at radius 3 is 2.62 bits per heavy atom. The summed E-state index contributed by atoms with van der Waals surface area (Å²) >= 11 is 0.804. The number of pyridine rings is 1. The van der Waals surface area contributed by atoms with Crippen LogP contribution in [0.1, 0.15) is 25.5 Å². The van der Waals surface area contributed by atoms with Gasteiger partial charge in [-0.25, -0.2) is 9.97 Å². The van der Waals surface area contributed by atoms with E-state index in [-0.39, 0.29) is 21.3 Å². The highest BCUT2D eigenvalue weighted by molar-refractivity contribution is 7.99. The monoisotopic (exact) mass is 424 g/mol. The highest BCUT2D eigenvalue weighted by Gasteiger charge is 2.40. The van der Waals surface area contributed by atoms with E-state index in [4.69, 9.17) is 10.5 Å². The molecule has 0 radical (unpaired) electrons. The standard InChI is InChI=1S/C18H19F3N6OS/c1-11-25-10-17(28-11)4-7-27(8-5-17)13-9-24-16(15(22)26-13)29-12-3-2-6-23-14(12)18(19,20)21/h2-3,6,9H,4-5,7-8,10H2,1H3,(H2,22,26). The fourth-order valence-electron chi connectivity index (χ4n) is 3.44. The van der Waals surface area contributed by atoms with Crippen LogP contribution < -0.4 is 10.6 Å². The topological polar surface area (TPSA) is 89.5 Å². The van der Waals surface area contributed by atoms with Crippen molar-refractivity contribution in [2.75, 3.05) is 30.3 Å². The van der Waals surface area contributed by atoms with Crippen LogP contribution in [0.4, 0.5) is 24.8 Å². The number of rotatable bonds is 3. The summed E-state index contributed by atoms with van der Waals surface area (Å²) in [6, 6.07) is 2.78. The molecule has 0 bridgehead atoms. The summed E-state index contributed by atoms with van der Waals surface area (Å²) in [6.07, 6.45) is -0.306. The van der Waals surface area contributed by atoms with E-state index in [1.165, 1.54) is 18.3 Å².